The summed E-state index contributed by atoms with van der Waals surface area (Å²) in [5.74, 6) is -1.85. The van der Waals surface area contributed by atoms with E-state index in [9.17, 15) is 22.4 Å². The van der Waals surface area contributed by atoms with Crippen LogP contribution in [0.3, 0.4) is 0 Å². The molecule has 202 valence electrons. The molecule has 0 spiro atoms. The van der Waals surface area contributed by atoms with E-state index in [0.717, 1.165) is 16.4 Å². The van der Waals surface area contributed by atoms with Crippen LogP contribution in [0.1, 0.15) is 18.9 Å². The summed E-state index contributed by atoms with van der Waals surface area (Å²) in [6.45, 7) is 0.992. The fraction of sp³-hybridized carbons (Fsp3) is 0.231. The summed E-state index contributed by atoms with van der Waals surface area (Å²) < 4.78 is 42.1. The zero-order valence-electron chi connectivity index (χ0n) is 20.5. The van der Waals surface area contributed by atoms with Crippen LogP contribution in [0.4, 0.5) is 10.1 Å². The van der Waals surface area contributed by atoms with Crippen molar-refractivity contribution >= 4 is 62.3 Å². The number of hydrogen-bond donors (Lipinski definition) is 1. The number of benzene rings is 3. The van der Waals surface area contributed by atoms with Crippen LogP contribution in [0.5, 0.6) is 0 Å². The van der Waals surface area contributed by atoms with Crippen LogP contribution in [0, 0.1) is 5.82 Å². The van der Waals surface area contributed by atoms with Crippen LogP contribution in [0.2, 0.25) is 15.1 Å². The SMILES string of the molecule is CCC(C(=O)NC)N(Cc1ccc(Cl)c(Cl)c1)C(=O)CN(c1ccc(F)c(Cl)c1)S(=O)(=O)c1ccccc1. The van der Waals surface area contributed by atoms with E-state index in [4.69, 9.17) is 34.8 Å². The van der Waals surface area contributed by atoms with Gasteiger partial charge in [-0.25, -0.2) is 12.8 Å². The average molecular weight is 601 g/mol. The molecule has 7 nitrogen and oxygen atoms in total. The molecule has 3 aromatic rings. The Kier molecular flexibility index (Phi) is 10.0. The second-order valence-electron chi connectivity index (χ2n) is 8.23. The van der Waals surface area contributed by atoms with Gasteiger partial charge in [0.2, 0.25) is 11.8 Å². The lowest BCUT2D eigenvalue weighted by molar-refractivity contribution is -0.140. The van der Waals surface area contributed by atoms with Crippen molar-refractivity contribution in [3.05, 3.63) is 93.2 Å². The Labute approximate surface area is 236 Å². The Balaban J connectivity index is 2.08. The summed E-state index contributed by atoms with van der Waals surface area (Å²) in [6, 6.07) is 14.7. The molecule has 0 heterocycles. The number of carbonyl (C=O) groups excluding carboxylic acids is 2. The number of amides is 2. The van der Waals surface area contributed by atoms with E-state index in [-0.39, 0.29) is 33.6 Å². The highest BCUT2D eigenvalue weighted by Gasteiger charge is 2.33. The van der Waals surface area contributed by atoms with Crippen LogP contribution in [-0.4, -0.2) is 44.8 Å². The van der Waals surface area contributed by atoms with E-state index < -0.39 is 40.2 Å². The molecule has 3 aromatic carbocycles. The van der Waals surface area contributed by atoms with Crippen molar-refractivity contribution in [3.63, 3.8) is 0 Å². The summed E-state index contributed by atoms with van der Waals surface area (Å²) >= 11 is 18.1. The Morgan fingerprint density at radius 1 is 0.947 bits per heavy atom. The first-order chi connectivity index (χ1) is 18.0. The van der Waals surface area contributed by atoms with Crippen LogP contribution in [0.15, 0.2) is 71.6 Å². The second kappa shape index (κ2) is 12.8. The van der Waals surface area contributed by atoms with Gasteiger partial charge in [-0.3, -0.25) is 13.9 Å². The summed E-state index contributed by atoms with van der Waals surface area (Å²) in [4.78, 5) is 27.7. The quantitative estimate of drug-likeness (QED) is 0.331. The Morgan fingerprint density at radius 3 is 2.21 bits per heavy atom. The molecular formula is C26H25Cl3FN3O4S. The molecule has 38 heavy (non-hydrogen) atoms. The smallest absolute Gasteiger partial charge is 0.264 e. The van der Waals surface area contributed by atoms with E-state index in [0.29, 0.717) is 10.6 Å². The predicted octanol–water partition coefficient (Wildman–Crippen LogP) is 5.53. The van der Waals surface area contributed by atoms with Crippen LogP contribution >= 0.6 is 34.8 Å². The fourth-order valence-electron chi connectivity index (χ4n) is 3.81. The molecular weight excluding hydrogens is 576 g/mol. The third-order valence-electron chi connectivity index (χ3n) is 5.77. The molecule has 0 saturated heterocycles. The Morgan fingerprint density at radius 2 is 1.63 bits per heavy atom. The number of sulfonamides is 1. The van der Waals surface area contributed by atoms with Crippen LogP contribution in [-0.2, 0) is 26.2 Å². The van der Waals surface area contributed by atoms with Crippen molar-refractivity contribution in [2.45, 2.75) is 30.8 Å². The normalized spacial score (nSPS) is 12.1. The molecule has 0 fully saturated rings. The van der Waals surface area contributed by atoms with Crippen molar-refractivity contribution in [1.82, 2.24) is 10.2 Å². The van der Waals surface area contributed by atoms with E-state index >= 15 is 0 Å². The maximum atomic E-state index is 13.9. The molecule has 0 saturated carbocycles. The number of nitrogens with zero attached hydrogens (tertiary/aromatic N) is 2. The minimum absolute atomic E-state index is 0.0175. The minimum atomic E-state index is -4.29. The minimum Gasteiger partial charge on any atom is -0.357 e. The topological polar surface area (TPSA) is 86.8 Å². The van der Waals surface area contributed by atoms with Crippen LogP contribution < -0.4 is 9.62 Å². The molecule has 0 aliphatic heterocycles. The first-order valence-corrected chi connectivity index (χ1v) is 14.0. The van der Waals surface area contributed by atoms with E-state index in [1.807, 2.05) is 0 Å². The van der Waals surface area contributed by atoms with E-state index in [1.165, 1.54) is 30.1 Å². The van der Waals surface area contributed by atoms with Crippen molar-refractivity contribution in [2.24, 2.45) is 0 Å². The van der Waals surface area contributed by atoms with Gasteiger partial charge in [-0.2, -0.15) is 0 Å². The van der Waals surface area contributed by atoms with Crippen LogP contribution in [0.25, 0.3) is 0 Å². The third kappa shape index (κ3) is 6.77. The second-order valence-corrected chi connectivity index (χ2v) is 11.3. The van der Waals surface area contributed by atoms with Crippen molar-refractivity contribution in [2.75, 3.05) is 17.9 Å². The molecule has 2 amide bonds. The summed E-state index contributed by atoms with van der Waals surface area (Å²) in [6.07, 6.45) is 0.251. The monoisotopic (exact) mass is 599 g/mol. The van der Waals surface area contributed by atoms with Crippen molar-refractivity contribution in [3.8, 4) is 0 Å². The number of anilines is 1. The molecule has 3 rings (SSSR count). The summed E-state index contributed by atoms with van der Waals surface area (Å²) in [7, 11) is -2.85. The predicted molar refractivity (Wildman–Crippen MR) is 148 cm³/mol. The first-order valence-electron chi connectivity index (χ1n) is 11.5. The van der Waals surface area contributed by atoms with Gasteiger partial charge in [0, 0.05) is 13.6 Å². The number of halogens is 4. The first kappa shape index (κ1) is 29.7. The number of carbonyl (C=O) groups is 2. The number of rotatable bonds is 10. The van der Waals surface area contributed by atoms with Crippen molar-refractivity contribution < 1.29 is 22.4 Å². The van der Waals surface area contributed by atoms with Gasteiger partial charge >= 0.3 is 0 Å². The molecule has 0 aromatic heterocycles. The summed E-state index contributed by atoms with van der Waals surface area (Å²) in [5, 5.41) is 2.81. The lowest BCUT2D eigenvalue weighted by atomic mass is 10.1. The van der Waals surface area contributed by atoms with E-state index in [1.54, 1.807) is 43.3 Å². The van der Waals surface area contributed by atoms with E-state index in [2.05, 4.69) is 5.32 Å². The number of likely N-dealkylation sites (N-methyl/N-ethyl adjacent to an activating group) is 1. The zero-order valence-corrected chi connectivity index (χ0v) is 23.6. The van der Waals surface area contributed by atoms with Gasteiger partial charge in [0.05, 0.1) is 25.7 Å². The maximum Gasteiger partial charge on any atom is 0.264 e. The molecule has 0 aliphatic carbocycles. The highest BCUT2D eigenvalue weighted by molar-refractivity contribution is 7.92. The Bertz CT molecular complexity index is 1420. The van der Waals surface area contributed by atoms with Crippen molar-refractivity contribution in [1.29, 1.82) is 0 Å². The molecule has 12 heteroatoms. The Hall–Kier alpha value is -2.85. The standard InChI is InChI=1S/C26H25Cl3FN3O4S/c1-3-24(26(35)31-2)32(15-17-9-11-20(27)21(28)13-17)25(34)16-33(18-10-12-23(30)22(29)14-18)38(36,37)19-7-5-4-6-8-19/h4-14,24H,3,15-16H2,1-2H3,(H,31,35). The lowest BCUT2D eigenvalue weighted by Crippen LogP contribution is -2.51. The molecule has 1 unspecified atom stereocenters. The fourth-order valence-corrected chi connectivity index (χ4v) is 5.73. The zero-order chi connectivity index (χ0) is 28.0. The molecule has 1 atom stereocenters. The van der Waals surface area contributed by atoms with Gasteiger partial charge in [0.15, 0.2) is 0 Å². The van der Waals surface area contributed by atoms with Gasteiger partial charge in [-0.15, -0.1) is 0 Å². The van der Waals surface area contributed by atoms with Gasteiger partial charge in [-0.05, 0) is 54.4 Å². The highest BCUT2D eigenvalue weighted by atomic mass is 35.5. The molecule has 1 N–H and O–H groups in total. The third-order valence-corrected chi connectivity index (χ3v) is 8.59. The van der Waals surface area contributed by atoms with Gasteiger partial charge in [-0.1, -0.05) is 66.0 Å². The van der Waals surface area contributed by atoms with Gasteiger partial charge in [0.1, 0.15) is 18.4 Å². The largest absolute Gasteiger partial charge is 0.357 e. The van der Waals surface area contributed by atoms with Gasteiger partial charge < -0.3 is 10.2 Å². The average Bonchev–Trinajstić information content (AvgIpc) is 2.90. The van der Waals surface area contributed by atoms with Gasteiger partial charge in [0.25, 0.3) is 10.0 Å². The number of nitrogens with one attached hydrogen (secondary N) is 1. The lowest BCUT2D eigenvalue weighted by Gasteiger charge is -2.33. The maximum absolute atomic E-state index is 13.9. The highest BCUT2D eigenvalue weighted by Crippen LogP contribution is 2.29. The molecule has 0 radical (unpaired) electrons. The molecule has 0 bridgehead atoms. The summed E-state index contributed by atoms with van der Waals surface area (Å²) in [5.41, 5.74) is 0.563. The number of hydrogen-bond acceptors (Lipinski definition) is 4. The molecule has 0 aliphatic rings.